The fourth-order valence-electron chi connectivity index (χ4n) is 2.52. The summed E-state index contributed by atoms with van der Waals surface area (Å²) in [5, 5.41) is 2.62. The van der Waals surface area contributed by atoms with Crippen molar-refractivity contribution >= 4 is 30.3 Å². The molecule has 0 saturated carbocycles. The maximum Gasteiger partial charge on any atom is 0.495 e. The molecule has 148 valence electrons. The topological polar surface area (TPSA) is 83.1 Å². The lowest BCUT2D eigenvalue weighted by Gasteiger charge is -2.32. The van der Waals surface area contributed by atoms with Crippen LogP contribution in [0.1, 0.15) is 58.8 Å². The number of ether oxygens (including phenoxy) is 2. The Morgan fingerprint density at radius 2 is 1.63 bits per heavy atom. The third kappa shape index (κ3) is 4.81. The predicted molar refractivity (Wildman–Crippen MR) is 103 cm³/mol. The van der Waals surface area contributed by atoms with E-state index in [0.717, 1.165) is 0 Å². The number of rotatable bonds is 3. The Morgan fingerprint density at radius 3 is 2.11 bits per heavy atom. The number of esters is 1. The second-order valence-electron chi connectivity index (χ2n) is 8.51. The number of carbonyl (C=O) groups excluding carboxylic acids is 2. The van der Waals surface area contributed by atoms with Crippen LogP contribution in [0.3, 0.4) is 0 Å². The van der Waals surface area contributed by atoms with E-state index < -0.39 is 36.0 Å². The molecule has 1 heterocycles. The van der Waals surface area contributed by atoms with Crippen molar-refractivity contribution in [3.05, 3.63) is 23.8 Å². The third-order valence-electron chi connectivity index (χ3n) is 4.61. The van der Waals surface area contributed by atoms with E-state index in [1.807, 2.05) is 27.7 Å². The second kappa shape index (κ2) is 7.17. The molecule has 0 atom stereocenters. The molecule has 1 aromatic carbocycles. The third-order valence-corrected chi connectivity index (χ3v) is 4.61. The summed E-state index contributed by atoms with van der Waals surface area (Å²) >= 11 is 0. The van der Waals surface area contributed by atoms with Crippen molar-refractivity contribution in [3.8, 4) is 0 Å². The molecule has 0 aliphatic carbocycles. The van der Waals surface area contributed by atoms with Gasteiger partial charge >= 0.3 is 19.2 Å². The zero-order chi connectivity index (χ0) is 20.6. The van der Waals surface area contributed by atoms with Gasteiger partial charge in [-0.05, 0) is 66.1 Å². The quantitative estimate of drug-likeness (QED) is 0.644. The average Bonchev–Trinajstić information content (AvgIpc) is 2.72. The number of amides is 1. The van der Waals surface area contributed by atoms with Crippen LogP contribution in [0, 0.1) is 0 Å². The number of hydrogen-bond donors (Lipinski definition) is 1. The fraction of sp³-hybridized carbons (Fsp3) is 0.579. The maximum absolute atomic E-state index is 12.3. The summed E-state index contributed by atoms with van der Waals surface area (Å²) < 4.78 is 22.2. The van der Waals surface area contributed by atoms with Gasteiger partial charge in [0.2, 0.25) is 0 Å². The first-order chi connectivity index (χ1) is 12.3. The Labute approximate surface area is 160 Å². The molecule has 1 aliphatic rings. The number of methoxy groups -OCH3 is 1. The van der Waals surface area contributed by atoms with Crippen LogP contribution in [0.25, 0.3) is 0 Å². The average molecular weight is 377 g/mol. The van der Waals surface area contributed by atoms with Crippen molar-refractivity contribution in [2.75, 3.05) is 12.4 Å². The molecule has 1 aliphatic heterocycles. The molecular formula is C19H28BNO6. The molecule has 0 aromatic heterocycles. The highest BCUT2D eigenvalue weighted by molar-refractivity contribution is 6.63. The van der Waals surface area contributed by atoms with E-state index >= 15 is 0 Å². The van der Waals surface area contributed by atoms with Gasteiger partial charge in [0.1, 0.15) is 5.60 Å². The minimum Gasteiger partial charge on any atom is -0.465 e. The maximum atomic E-state index is 12.3. The van der Waals surface area contributed by atoms with Crippen LogP contribution in [0.5, 0.6) is 0 Å². The first-order valence-corrected chi connectivity index (χ1v) is 8.84. The van der Waals surface area contributed by atoms with Gasteiger partial charge < -0.3 is 18.8 Å². The van der Waals surface area contributed by atoms with Crippen LogP contribution in [-0.4, -0.2) is 43.1 Å². The number of carbonyl (C=O) groups is 2. The van der Waals surface area contributed by atoms with Gasteiger partial charge in [-0.2, -0.15) is 0 Å². The first-order valence-electron chi connectivity index (χ1n) is 8.84. The summed E-state index contributed by atoms with van der Waals surface area (Å²) in [7, 11) is 0.573. The number of hydrogen-bond acceptors (Lipinski definition) is 6. The molecule has 7 nitrogen and oxygen atoms in total. The Balaban J connectivity index is 2.32. The van der Waals surface area contributed by atoms with E-state index in [0.29, 0.717) is 11.2 Å². The predicted octanol–water partition coefficient (Wildman–Crippen LogP) is 3.12. The molecule has 1 fully saturated rings. The molecule has 27 heavy (non-hydrogen) atoms. The van der Waals surface area contributed by atoms with Crippen molar-refractivity contribution in [1.82, 2.24) is 0 Å². The molecule has 0 spiro atoms. The van der Waals surface area contributed by atoms with Crippen molar-refractivity contribution in [3.63, 3.8) is 0 Å². The summed E-state index contributed by atoms with van der Waals surface area (Å²) in [4.78, 5) is 24.3. The Bertz CT molecular complexity index is 722. The van der Waals surface area contributed by atoms with E-state index in [9.17, 15) is 9.59 Å². The molecule has 0 unspecified atom stereocenters. The Kier molecular flexibility index (Phi) is 5.64. The van der Waals surface area contributed by atoms with Crippen molar-refractivity contribution in [1.29, 1.82) is 0 Å². The first kappa shape index (κ1) is 21.2. The van der Waals surface area contributed by atoms with E-state index in [-0.39, 0.29) is 5.56 Å². The smallest absolute Gasteiger partial charge is 0.465 e. The molecule has 8 heteroatoms. The van der Waals surface area contributed by atoms with Gasteiger partial charge in [0.15, 0.2) is 0 Å². The largest absolute Gasteiger partial charge is 0.495 e. The van der Waals surface area contributed by atoms with Gasteiger partial charge in [-0.25, -0.2) is 9.59 Å². The summed E-state index contributed by atoms with van der Waals surface area (Å²) in [5.74, 6) is -0.549. The summed E-state index contributed by atoms with van der Waals surface area (Å²) in [6.45, 7) is 13.1. The van der Waals surface area contributed by atoms with Crippen LogP contribution < -0.4 is 10.8 Å². The van der Waals surface area contributed by atoms with Crippen LogP contribution in [-0.2, 0) is 18.8 Å². The monoisotopic (exact) mass is 377 g/mol. The van der Waals surface area contributed by atoms with Gasteiger partial charge in [-0.3, -0.25) is 5.32 Å². The van der Waals surface area contributed by atoms with Crippen molar-refractivity contribution < 1.29 is 28.4 Å². The molecule has 1 amide bonds. The second-order valence-corrected chi connectivity index (χ2v) is 8.51. The van der Waals surface area contributed by atoms with Gasteiger partial charge in [-0.1, -0.05) is 6.07 Å². The lowest BCUT2D eigenvalue weighted by molar-refractivity contribution is 0.00578. The highest BCUT2D eigenvalue weighted by Crippen LogP contribution is 2.36. The van der Waals surface area contributed by atoms with E-state index in [1.54, 1.807) is 32.9 Å². The van der Waals surface area contributed by atoms with E-state index in [4.69, 9.17) is 18.8 Å². The highest BCUT2D eigenvalue weighted by atomic mass is 16.7. The molecule has 1 saturated heterocycles. The Morgan fingerprint density at radius 1 is 1.07 bits per heavy atom. The number of anilines is 1. The zero-order valence-electron chi connectivity index (χ0n) is 17.3. The van der Waals surface area contributed by atoms with E-state index in [1.165, 1.54) is 13.2 Å². The van der Waals surface area contributed by atoms with E-state index in [2.05, 4.69) is 5.32 Å². The summed E-state index contributed by atoms with van der Waals surface area (Å²) in [6.07, 6.45) is -0.610. The van der Waals surface area contributed by atoms with Gasteiger partial charge in [0.25, 0.3) is 0 Å². The van der Waals surface area contributed by atoms with Crippen LogP contribution in [0.15, 0.2) is 18.2 Å². The minimum atomic E-state index is -0.723. The number of nitrogens with one attached hydrogen (secondary N) is 1. The zero-order valence-corrected chi connectivity index (χ0v) is 17.3. The van der Waals surface area contributed by atoms with Gasteiger partial charge in [-0.15, -0.1) is 0 Å². The van der Waals surface area contributed by atoms with Crippen LogP contribution >= 0.6 is 0 Å². The van der Waals surface area contributed by atoms with Crippen LogP contribution in [0.2, 0.25) is 0 Å². The van der Waals surface area contributed by atoms with Gasteiger partial charge in [0, 0.05) is 5.69 Å². The summed E-state index contributed by atoms with van der Waals surface area (Å²) in [6, 6.07) is 4.87. The fourth-order valence-corrected chi connectivity index (χ4v) is 2.52. The lowest BCUT2D eigenvalue weighted by Crippen LogP contribution is -2.41. The molecule has 1 N–H and O–H groups in total. The Hall–Kier alpha value is -2.06. The normalized spacial score (nSPS) is 18.1. The lowest BCUT2D eigenvalue weighted by atomic mass is 9.75. The number of benzene rings is 1. The molecular weight excluding hydrogens is 349 g/mol. The highest BCUT2D eigenvalue weighted by Gasteiger charge is 2.52. The van der Waals surface area contributed by atoms with Crippen LogP contribution in [0.4, 0.5) is 10.5 Å². The molecule has 1 aromatic rings. The van der Waals surface area contributed by atoms with Gasteiger partial charge in [0.05, 0.1) is 23.9 Å². The molecule has 0 radical (unpaired) electrons. The summed E-state index contributed by atoms with van der Waals surface area (Å²) in [5.41, 5.74) is -0.515. The van der Waals surface area contributed by atoms with Crippen molar-refractivity contribution in [2.45, 2.75) is 65.3 Å². The standard InChI is InChI=1S/C19H28BNO6/c1-17(2,3)25-16(23)21-12-9-10-14(13(11-12)15(22)24-8)20-26-18(4,5)19(6,7)27-20/h9-11H,1-8H3,(H,21,23). The SMILES string of the molecule is COC(=O)c1cc(NC(=O)OC(C)(C)C)ccc1B1OC(C)(C)C(C)(C)O1. The molecule has 0 bridgehead atoms. The minimum absolute atomic E-state index is 0.254. The molecule has 2 rings (SSSR count). The van der Waals surface area contributed by atoms with Crippen molar-refractivity contribution in [2.24, 2.45) is 0 Å².